The van der Waals surface area contributed by atoms with Gasteiger partial charge in [-0.3, -0.25) is 0 Å². The van der Waals surface area contributed by atoms with Gasteiger partial charge in [-0.1, -0.05) is 55.5 Å². The van der Waals surface area contributed by atoms with E-state index in [1.165, 1.54) is 0 Å². The number of rotatable bonds is 5. The first-order chi connectivity index (χ1) is 9.19. The van der Waals surface area contributed by atoms with Crippen LogP contribution in [0, 0.1) is 0 Å². The molecular formula is C16H19O2P. The van der Waals surface area contributed by atoms with Crippen molar-refractivity contribution in [3.05, 3.63) is 60.2 Å². The van der Waals surface area contributed by atoms with Gasteiger partial charge in [0.15, 0.2) is 0 Å². The second-order valence-electron chi connectivity index (χ2n) is 4.51. The summed E-state index contributed by atoms with van der Waals surface area (Å²) in [6.07, 6.45) is 1.21. The SMILES string of the molecule is CCP(=O)(Cc1ccccc1OC)c1ccccc1. The average Bonchev–Trinajstić information content (AvgIpc) is 2.48. The lowest BCUT2D eigenvalue weighted by atomic mass is 10.2. The van der Waals surface area contributed by atoms with Crippen LogP contribution in [-0.2, 0) is 10.7 Å². The van der Waals surface area contributed by atoms with Crippen LogP contribution < -0.4 is 10.0 Å². The van der Waals surface area contributed by atoms with Crippen LogP contribution in [0.1, 0.15) is 12.5 Å². The summed E-state index contributed by atoms with van der Waals surface area (Å²) < 4.78 is 18.5. The molecule has 0 aliphatic carbocycles. The second-order valence-corrected chi connectivity index (χ2v) is 7.75. The van der Waals surface area contributed by atoms with E-state index < -0.39 is 7.14 Å². The first kappa shape index (κ1) is 13.9. The Morgan fingerprint density at radius 3 is 2.26 bits per heavy atom. The van der Waals surface area contributed by atoms with E-state index in [1.54, 1.807) is 7.11 Å². The molecule has 1 unspecified atom stereocenters. The molecule has 0 N–H and O–H groups in total. The van der Waals surface area contributed by atoms with Gasteiger partial charge in [0.1, 0.15) is 12.9 Å². The number of hydrogen-bond donors (Lipinski definition) is 0. The summed E-state index contributed by atoms with van der Waals surface area (Å²) in [5, 5.41) is 0.948. The minimum Gasteiger partial charge on any atom is -0.496 e. The smallest absolute Gasteiger partial charge is 0.122 e. The van der Waals surface area contributed by atoms with Gasteiger partial charge in [0.25, 0.3) is 0 Å². The lowest BCUT2D eigenvalue weighted by Crippen LogP contribution is -2.08. The standard InChI is InChI=1S/C16H19O2P/c1-3-19(17,15-10-5-4-6-11-15)13-14-9-7-8-12-16(14)18-2/h4-12H,3,13H2,1-2H3. The van der Waals surface area contributed by atoms with E-state index in [1.807, 2.05) is 61.5 Å². The van der Waals surface area contributed by atoms with Gasteiger partial charge in [0.2, 0.25) is 0 Å². The molecule has 0 aliphatic heterocycles. The van der Waals surface area contributed by atoms with Crippen molar-refractivity contribution in [2.24, 2.45) is 0 Å². The largest absolute Gasteiger partial charge is 0.496 e. The minimum atomic E-state index is -2.39. The molecule has 2 rings (SSSR count). The minimum absolute atomic E-state index is 0.553. The Balaban J connectivity index is 2.36. The fourth-order valence-corrected chi connectivity index (χ4v) is 4.49. The van der Waals surface area contributed by atoms with Crippen LogP contribution in [0.15, 0.2) is 54.6 Å². The number of para-hydroxylation sites is 1. The van der Waals surface area contributed by atoms with Gasteiger partial charge >= 0.3 is 0 Å². The summed E-state index contributed by atoms with van der Waals surface area (Å²) in [5.41, 5.74) is 1.01. The Morgan fingerprint density at radius 2 is 1.63 bits per heavy atom. The van der Waals surface area contributed by atoms with Crippen molar-refractivity contribution in [1.82, 2.24) is 0 Å². The maximum Gasteiger partial charge on any atom is 0.122 e. The van der Waals surface area contributed by atoms with Crippen molar-refractivity contribution >= 4 is 12.4 Å². The van der Waals surface area contributed by atoms with E-state index in [9.17, 15) is 4.57 Å². The molecule has 3 heteroatoms. The fraction of sp³-hybridized carbons (Fsp3) is 0.250. The Kier molecular flexibility index (Phi) is 4.44. The van der Waals surface area contributed by atoms with Crippen LogP contribution in [0.4, 0.5) is 0 Å². The van der Waals surface area contributed by atoms with Gasteiger partial charge in [0.05, 0.1) is 7.11 Å². The molecule has 0 fully saturated rings. The summed E-state index contributed by atoms with van der Waals surface area (Å²) >= 11 is 0. The summed E-state index contributed by atoms with van der Waals surface area (Å²) in [7, 11) is -0.744. The third-order valence-electron chi connectivity index (χ3n) is 3.36. The first-order valence-corrected chi connectivity index (χ1v) is 8.53. The molecule has 0 bridgehead atoms. The number of benzene rings is 2. The van der Waals surface area contributed by atoms with E-state index >= 15 is 0 Å². The molecule has 0 amide bonds. The van der Waals surface area contributed by atoms with Crippen LogP contribution in [0.3, 0.4) is 0 Å². The molecule has 2 nitrogen and oxygen atoms in total. The number of hydrogen-bond acceptors (Lipinski definition) is 2. The highest BCUT2D eigenvalue weighted by Gasteiger charge is 2.24. The van der Waals surface area contributed by atoms with Gasteiger partial charge < -0.3 is 9.30 Å². The molecular weight excluding hydrogens is 255 g/mol. The van der Waals surface area contributed by atoms with E-state index in [0.717, 1.165) is 16.6 Å². The van der Waals surface area contributed by atoms with Crippen molar-refractivity contribution in [3.63, 3.8) is 0 Å². The molecule has 0 radical (unpaired) electrons. The Labute approximate surface area is 114 Å². The molecule has 0 saturated carbocycles. The zero-order valence-corrected chi connectivity index (χ0v) is 12.3. The number of ether oxygens (including phenoxy) is 1. The molecule has 2 aromatic rings. The highest BCUT2D eigenvalue weighted by Crippen LogP contribution is 2.48. The van der Waals surface area contributed by atoms with Crippen molar-refractivity contribution < 1.29 is 9.30 Å². The van der Waals surface area contributed by atoms with E-state index in [-0.39, 0.29) is 0 Å². The van der Waals surface area contributed by atoms with Crippen LogP contribution in [0.5, 0.6) is 5.75 Å². The Bertz CT molecular complexity index is 578. The van der Waals surface area contributed by atoms with Crippen LogP contribution in [0.2, 0.25) is 0 Å². The van der Waals surface area contributed by atoms with E-state index in [4.69, 9.17) is 4.74 Å². The predicted octanol–water partition coefficient (Wildman–Crippen LogP) is 3.90. The average molecular weight is 274 g/mol. The third-order valence-corrected chi connectivity index (χ3v) is 6.47. The molecule has 0 aromatic heterocycles. The summed E-state index contributed by atoms with van der Waals surface area (Å²) in [5.74, 6) is 0.812. The van der Waals surface area contributed by atoms with Crippen molar-refractivity contribution in [2.75, 3.05) is 13.3 Å². The zero-order valence-electron chi connectivity index (χ0n) is 11.4. The van der Waals surface area contributed by atoms with Gasteiger partial charge in [-0.05, 0) is 6.07 Å². The van der Waals surface area contributed by atoms with Gasteiger partial charge in [-0.25, -0.2) is 0 Å². The zero-order chi connectivity index (χ0) is 13.7. The first-order valence-electron chi connectivity index (χ1n) is 6.45. The van der Waals surface area contributed by atoms with E-state index in [2.05, 4.69) is 0 Å². The van der Waals surface area contributed by atoms with E-state index in [0.29, 0.717) is 12.3 Å². The Morgan fingerprint density at radius 1 is 1.00 bits per heavy atom. The molecule has 1 atom stereocenters. The van der Waals surface area contributed by atoms with Crippen molar-refractivity contribution in [1.29, 1.82) is 0 Å². The second kappa shape index (κ2) is 6.08. The summed E-state index contributed by atoms with van der Waals surface area (Å²) in [4.78, 5) is 0. The summed E-state index contributed by atoms with van der Waals surface area (Å²) in [6.45, 7) is 1.99. The maximum atomic E-state index is 13.2. The van der Waals surface area contributed by atoms with Crippen molar-refractivity contribution in [3.8, 4) is 5.75 Å². The lowest BCUT2D eigenvalue weighted by Gasteiger charge is -2.18. The predicted molar refractivity (Wildman–Crippen MR) is 80.9 cm³/mol. The lowest BCUT2D eigenvalue weighted by molar-refractivity contribution is 0.411. The van der Waals surface area contributed by atoms with Crippen LogP contribution in [-0.4, -0.2) is 13.3 Å². The summed E-state index contributed by atoms with van der Waals surface area (Å²) in [6, 6.07) is 17.6. The molecule has 2 aromatic carbocycles. The fourth-order valence-electron chi connectivity index (χ4n) is 2.19. The highest BCUT2D eigenvalue weighted by molar-refractivity contribution is 7.70. The maximum absolute atomic E-state index is 13.2. The van der Waals surface area contributed by atoms with Gasteiger partial charge in [-0.15, -0.1) is 0 Å². The van der Waals surface area contributed by atoms with Crippen molar-refractivity contribution in [2.45, 2.75) is 13.1 Å². The molecule has 0 spiro atoms. The molecule has 0 aliphatic rings. The topological polar surface area (TPSA) is 26.3 Å². The highest BCUT2D eigenvalue weighted by atomic mass is 31.2. The quantitative estimate of drug-likeness (QED) is 0.773. The number of methoxy groups -OCH3 is 1. The van der Waals surface area contributed by atoms with Crippen LogP contribution >= 0.6 is 7.14 Å². The van der Waals surface area contributed by atoms with Crippen LogP contribution in [0.25, 0.3) is 0 Å². The molecule has 0 saturated heterocycles. The normalized spacial score (nSPS) is 13.8. The van der Waals surface area contributed by atoms with Gasteiger partial charge in [-0.2, -0.15) is 0 Å². The monoisotopic (exact) mass is 274 g/mol. The Hall–Kier alpha value is -1.53. The third kappa shape index (κ3) is 3.08. The molecule has 100 valence electrons. The molecule has 0 heterocycles. The molecule has 19 heavy (non-hydrogen) atoms. The van der Waals surface area contributed by atoms with Gasteiger partial charge in [0, 0.05) is 23.2 Å².